The minimum atomic E-state index is -4.53. The molecule has 2 heterocycles. The highest BCUT2D eigenvalue weighted by molar-refractivity contribution is 7.14. The number of rotatable bonds is 6. The van der Waals surface area contributed by atoms with Gasteiger partial charge < -0.3 is 0 Å². The van der Waals surface area contributed by atoms with E-state index in [1.54, 1.807) is 5.38 Å². The first-order valence-corrected chi connectivity index (χ1v) is 11.2. The van der Waals surface area contributed by atoms with Gasteiger partial charge in [0.1, 0.15) is 0 Å². The number of amides is 2. The van der Waals surface area contributed by atoms with E-state index in [0.717, 1.165) is 34.1 Å². The Balaban J connectivity index is 1.75. The molecule has 0 unspecified atom stereocenters. The van der Waals surface area contributed by atoms with Crippen LogP contribution in [0.25, 0.3) is 6.08 Å². The van der Waals surface area contributed by atoms with Gasteiger partial charge in [0, 0.05) is 23.8 Å². The van der Waals surface area contributed by atoms with E-state index in [4.69, 9.17) is 0 Å². The average molecular weight is 481 g/mol. The Hall–Kier alpha value is -3.05. The number of anilines is 3. The second kappa shape index (κ2) is 9.61. The van der Waals surface area contributed by atoms with Crippen LogP contribution in [0.3, 0.4) is 0 Å². The maximum absolute atomic E-state index is 13.0. The van der Waals surface area contributed by atoms with Crippen LogP contribution in [0.15, 0.2) is 41.1 Å². The van der Waals surface area contributed by atoms with E-state index in [0.29, 0.717) is 10.8 Å². The molecule has 3 aromatic rings. The lowest BCUT2D eigenvalue weighted by Crippen LogP contribution is -2.23. The number of thiazole rings is 2. The van der Waals surface area contributed by atoms with E-state index in [1.807, 2.05) is 19.2 Å². The number of nitrogens with zero attached hydrogens (tertiary/aromatic N) is 3. The van der Waals surface area contributed by atoms with Crippen molar-refractivity contribution in [3.8, 4) is 0 Å². The molecule has 6 nitrogen and oxygen atoms in total. The summed E-state index contributed by atoms with van der Waals surface area (Å²) < 4.78 is 39.1. The second-order valence-corrected chi connectivity index (χ2v) is 8.71. The number of carbonyl (C=O) groups is 2. The van der Waals surface area contributed by atoms with Gasteiger partial charge in [0.25, 0.3) is 0 Å². The molecule has 0 aliphatic carbocycles. The predicted molar refractivity (Wildman–Crippen MR) is 120 cm³/mol. The van der Waals surface area contributed by atoms with Gasteiger partial charge >= 0.3 is 6.18 Å². The summed E-state index contributed by atoms with van der Waals surface area (Å²) in [6.45, 7) is 5.25. The zero-order valence-electron chi connectivity index (χ0n) is 17.3. The van der Waals surface area contributed by atoms with Crippen molar-refractivity contribution >= 4 is 56.5 Å². The van der Waals surface area contributed by atoms with Crippen LogP contribution in [0.4, 0.5) is 29.1 Å². The van der Waals surface area contributed by atoms with Gasteiger partial charge in [-0.1, -0.05) is 19.9 Å². The third-order valence-corrected chi connectivity index (χ3v) is 5.82. The number of hydrogen-bond donors (Lipinski definition) is 1. The van der Waals surface area contributed by atoms with Gasteiger partial charge in [-0.3, -0.25) is 19.8 Å². The Morgan fingerprint density at radius 1 is 1.16 bits per heavy atom. The topological polar surface area (TPSA) is 75.2 Å². The number of halogens is 3. The minimum absolute atomic E-state index is 0.0553. The normalized spacial score (nSPS) is 11.8. The van der Waals surface area contributed by atoms with E-state index in [1.165, 1.54) is 42.5 Å². The van der Waals surface area contributed by atoms with Crippen LogP contribution in [-0.4, -0.2) is 21.8 Å². The van der Waals surface area contributed by atoms with Crippen molar-refractivity contribution in [2.45, 2.75) is 32.9 Å². The molecule has 0 aliphatic heterocycles. The van der Waals surface area contributed by atoms with Crippen LogP contribution in [0.1, 0.15) is 43.6 Å². The fourth-order valence-electron chi connectivity index (χ4n) is 2.62. The molecule has 2 aromatic heterocycles. The van der Waals surface area contributed by atoms with Crippen molar-refractivity contribution in [1.82, 2.24) is 9.97 Å². The molecule has 0 aliphatic rings. The minimum Gasteiger partial charge on any atom is -0.298 e. The predicted octanol–water partition coefficient (Wildman–Crippen LogP) is 6.08. The smallest absolute Gasteiger partial charge is 0.298 e. The number of nitrogens with one attached hydrogen (secondary N) is 1. The van der Waals surface area contributed by atoms with Crippen LogP contribution in [0.2, 0.25) is 0 Å². The standard InChI is InChI=1S/C21H19F3N4O2S2/c1-12(2)17-11-31-19(26-17)27-18(30)8-7-15-10-32-20(25-15)28(13(3)29)16-6-4-5-14(9-16)21(22,23)24/h4-12H,1-3H3,(H,26,27,30)/b8-7+. The number of alkyl halides is 3. The quantitative estimate of drug-likeness (QED) is 0.434. The zero-order chi connectivity index (χ0) is 23.5. The summed E-state index contributed by atoms with van der Waals surface area (Å²) in [4.78, 5) is 34.0. The van der Waals surface area contributed by atoms with E-state index in [9.17, 15) is 22.8 Å². The van der Waals surface area contributed by atoms with Crippen molar-refractivity contribution in [2.75, 3.05) is 10.2 Å². The van der Waals surface area contributed by atoms with Crippen LogP contribution in [0.5, 0.6) is 0 Å². The van der Waals surface area contributed by atoms with Crippen LogP contribution in [-0.2, 0) is 15.8 Å². The molecule has 11 heteroatoms. The maximum Gasteiger partial charge on any atom is 0.416 e. The highest BCUT2D eigenvalue weighted by Gasteiger charge is 2.31. The SMILES string of the molecule is CC(=O)N(c1cccc(C(F)(F)F)c1)c1nc(/C=C/C(=O)Nc2nc(C(C)C)cs2)cs1. The summed E-state index contributed by atoms with van der Waals surface area (Å²) in [5.41, 5.74) is 0.467. The first-order chi connectivity index (χ1) is 15.0. The molecule has 2 amide bonds. The van der Waals surface area contributed by atoms with E-state index in [2.05, 4.69) is 15.3 Å². The molecule has 1 aromatic carbocycles. The summed E-state index contributed by atoms with van der Waals surface area (Å²) >= 11 is 2.40. The first-order valence-electron chi connectivity index (χ1n) is 9.42. The van der Waals surface area contributed by atoms with Gasteiger partial charge in [0.15, 0.2) is 10.3 Å². The molecule has 1 N–H and O–H groups in total. The first kappa shape index (κ1) is 23.6. The summed E-state index contributed by atoms with van der Waals surface area (Å²) in [6, 6.07) is 4.46. The summed E-state index contributed by atoms with van der Waals surface area (Å²) in [5.74, 6) is -0.635. The van der Waals surface area contributed by atoms with Gasteiger partial charge in [-0.15, -0.1) is 22.7 Å². The largest absolute Gasteiger partial charge is 0.416 e. The van der Waals surface area contributed by atoms with Crippen molar-refractivity contribution in [3.05, 3.63) is 58.1 Å². The summed E-state index contributed by atoms with van der Waals surface area (Å²) in [7, 11) is 0. The molecule has 0 spiro atoms. The van der Waals surface area contributed by atoms with Crippen LogP contribution >= 0.6 is 22.7 Å². The lowest BCUT2D eigenvalue weighted by atomic mass is 10.2. The van der Waals surface area contributed by atoms with E-state index < -0.39 is 23.6 Å². The van der Waals surface area contributed by atoms with Gasteiger partial charge in [-0.2, -0.15) is 13.2 Å². The van der Waals surface area contributed by atoms with Crippen molar-refractivity contribution in [2.24, 2.45) is 0 Å². The Kier molecular flexibility index (Phi) is 7.09. The highest BCUT2D eigenvalue weighted by Crippen LogP contribution is 2.35. The molecule has 0 radical (unpaired) electrons. The van der Waals surface area contributed by atoms with Gasteiger partial charge in [-0.25, -0.2) is 9.97 Å². The fraction of sp³-hybridized carbons (Fsp3) is 0.238. The molecule has 32 heavy (non-hydrogen) atoms. The Bertz CT molecular complexity index is 1150. The van der Waals surface area contributed by atoms with Crippen molar-refractivity contribution < 1.29 is 22.8 Å². The number of benzene rings is 1. The van der Waals surface area contributed by atoms with Crippen molar-refractivity contribution in [1.29, 1.82) is 0 Å². The molecular formula is C21H19F3N4O2S2. The Labute approximate surface area is 190 Å². The fourth-order valence-corrected chi connectivity index (χ4v) is 4.35. The van der Waals surface area contributed by atoms with Crippen LogP contribution in [0, 0.1) is 0 Å². The number of aromatic nitrogens is 2. The maximum atomic E-state index is 13.0. The number of carbonyl (C=O) groups excluding carboxylic acids is 2. The Morgan fingerprint density at radius 3 is 2.53 bits per heavy atom. The summed E-state index contributed by atoms with van der Waals surface area (Å²) in [5, 5.41) is 6.82. The third-order valence-electron chi connectivity index (χ3n) is 4.20. The molecular weight excluding hydrogens is 461 g/mol. The molecule has 3 rings (SSSR count). The third kappa shape index (κ3) is 5.80. The molecule has 0 atom stereocenters. The molecule has 0 bridgehead atoms. The average Bonchev–Trinajstić information content (AvgIpc) is 3.36. The molecule has 0 fully saturated rings. The summed E-state index contributed by atoms with van der Waals surface area (Å²) in [6.07, 6.45) is -1.80. The Morgan fingerprint density at radius 2 is 1.91 bits per heavy atom. The van der Waals surface area contributed by atoms with Crippen molar-refractivity contribution in [3.63, 3.8) is 0 Å². The highest BCUT2D eigenvalue weighted by atomic mass is 32.1. The second-order valence-electron chi connectivity index (χ2n) is 7.01. The molecule has 168 valence electrons. The lowest BCUT2D eigenvalue weighted by molar-refractivity contribution is -0.137. The van der Waals surface area contributed by atoms with Crippen LogP contribution < -0.4 is 10.2 Å². The van der Waals surface area contributed by atoms with E-state index >= 15 is 0 Å². The number of hydrogen-bond acceptors (Lipinski definition) is 6. The van der Waals surface area contributed by atoms with Gasteiger partial charge in [0.2, 0.25) is 11.8 Å². The van der Waals surface area contributed by atoms with Gasteiger partial charge in [-0.05, 0) is 30.2 Å². The zero-order valence-corrected chi connectivity index (χ0v) is 18.9. The molecule has 0 saturated heterocycles. The van der Waals surface area contributed by atoms with Gasteiger partial charge in [0.05, 0.1) is 22.6 Å². The lowest BCUT2D eigenvalue weighted by Gasteiger charge is -2.19. The van der Waals surface area contributed by atoms with E-state index in [-0.39, 0.29) is 16.7 Å². The monoisotopic (exact) mass is 480 g/mol. The molecule has 0 saturated carbocycles.